The molecule has 7 heteroatoms. The summed E-state index contributed by atoms with van der Waals surface area (Å²) in [6.07, 6.45) is 3.09. The number of furan rings is 1. The van der Waals surface area contributed by atoms with E-state index in [9.17, 15) is 14.9 Å². The van der Waals surface area contributed by atoms with E-state index < -0.39 is 16.7 Å². The highest BCUT2D eigenvalue weighted by Gasteiger charge is 2.16. The topological polar surface area (TPSA) is 85.4 Å². The Bertz CT molecular complexity index is 391. The highest BCUT2D eigenvalue weighted by atomic mass is 127. The molecule has 0 saturated carbocycles. The van der Waals surface area contributed by atoms with Crippen molar-refractivity contribution in [2.24, 2.45) is 0 Å². The largest absolute Gasteiger partial charge is 0.433 e. The molecule has 17 heavy (non-hydrogen) atoms. The van der Waals surface area contributed by atoms with Crippen molar-refractivity contribution >= 4 is 34.4 Å². The molecule has 1 rings (SSSR count). The lowest BCUT2D eigenvalue weighted by Crippen LogP contribution is -2.23. The number of carbonyl (C=O) groups is 1. The summed E-state index contributed by atoms with van der Waals surface area (Å²) in [6.45, 7) is 0.559. The molecule has 0 aliphatic carbocycles. The number of amides is 1. The van der Waals surface area contributed by atoms with Gasteiger partial charge in [0, 0.05) is 6.54 Å². The second kappa shape index (κ2) is 7.25. The molecule has 0 unspecified atom stereocenters. The van der Waals surface area contributed by atoms with Gasteiger partial charge in [-0.05, 0) is 23.3 Å². The van der Waals surface area contributed by atoms with Crippen LogP contribution in [0.15, 0.2) is 16.5 Å². The first-order valence-electron chi connectivity index (χ1n) is 5.23. The molecule has 1 amide bonds. The zero-order chi connectivity index (χ0) is 12.7. The van der Waals surface area contributed by atoms with Gasteiger partial charge in [-0.25, -0.2) is 0 Å². The summed E-state index contributed by atoms with van der Waals surface area (Å²) >= 11 is 2.30. The monoisotopic (exact) mass is 352 g/mol. The Morgan fingerprint density at radius 3 is 2.76 bits per heavy atom. The molecule has 94 valence electrons. The fraction of sp³-hybridized carbons (Fsp3) is 0.500. The van der Waals surface area contributed by atoms with Crippen molar-refractivity contribution in [2.75, 3.05) is 11.0 Å². The van der Waals surface area contributed by atoms with Crippen LogP contribution in [0.3, 0.4) is 0 Å². The minimum Gasteiger partial charge on any atom is -0.395 e. The maximum atomic E-state index is 11.5. The lowest BCUT2D eigenvalue weighted by atomic mass is 10.2. The maximum Gasteiger partial charge on any atom is 0.433 e. The van der Waals surface area contributed by atoms with Crippen molar-refractivity contribution in [1.82, 2.24) is 5.32 Å². The number of hydrogen-bond donors (Lipinski definition) is 1. The van der Waals surface area contributed by atoms with E-state index in [1.54, 1.807) is 0 Å². The lowest BCUT2D eigenvalue weighted by molar-refractivity contribution is -0.402. The fourth-order valence-electron chi connectivity index (χ4n) is 1.23. The van der Waals surface area contributed by atoms with Crippen LogP contribution in [-0.2, 0) is 0 Å². The summed E-state index contributed by atoms with van der Waals surface area (Å²) in [7, 11) is 0. The molecule has 0 spiro atoms. The van der Waals surface area contributed by atoms with Gasteiger partial charge in [0.25, 0.3) is 5.91 Å². The van der Waals surface area contributed by atoms with E-state index in [-0.39, 0.29) is 5.76 Å². The predicted octanol–water partition coefficient (Wildman–Crippen LogP) is 2.52. The van der Waals surface area contributed by atoms with E-state index in [1.165, 1.54) is 12.1 Å². The molecule has 0 aromatic carbocycles. The van der Waals surface area contributed by atoms with Gasteiger partial charge in [-0.1, -0.05) is 29.0 Å². The van der Waals surface area contributed by atoms with Crippen molar-refractivity contribution < 1.29 is 14.1 Å². The predicted molar refractivity (Wildman–Crippen MR) is 70.4 cm³/mol. The van der Waals surface area contributed by atoms with E-state index in [0.717, 1.165) is 23.7 Å². The van der Waals surface area contributed by atoms with Gasteiger partial charge in [0.1, 0.15) is 4.92 Å². The molecule has 0 bridgehead atoms. The van der Waals surface area contributed by atoms with Gasteiger partial charge in [-0.15, -0.1) is 0 Å². The number of unbranched alkanes of at least 4 members (excludes halogenated alkanes) is 2. The van der Waals surface area contributed by atoms with Gasteiger partial charge in [-0.3, -0.25) is 14.9 Å². The number of nitrogens with one attached hydrogen (secondary N) is 1. The van der Waals surface area contributed by atoms with Crippen LogP contribution < -0.4 is 5.32 Å². The minimum absolute atomic E-state index is 0.0226. The van der Waals surface area contributed by atoms with Gasteiger partial charge >= 0.3 is 5.88 Å². The molecule has 0 aliphatic rings. The SMILES string of the molecule is O=C(NCCCCCI)c1ccc([N+](=O)[O-])o1. The molecule has 1 heterocycles. The third-order valence-corrected chi connectivity index (χ3v) is 2.85. The van der Waals surface area contributed by atoms with Crippen LogP contribution in [0.25, 0.3) is 0 Å². The molecule has 0 radical (unpaired) electrons. The maximum absolute atomic E-state index is 11.5. The van der Waals surface area contributed by atoms with Crippen LogP contribution in [0.5, 0.6) is 0 Å². The number of rotatable bonds is 7. The van der Waals surface area contributed by atoms with Crippen molar-refractivity contribution in [1.29, 1.82) is 0 Å². The Labute approximate surface area is 112 Å². The Hall–Kier alpha value is -1.12. The zero-order valence-corrected chi connectivity index (χ0v) is 11.3. The van der Waals surface area contributed by atoms with Crippen LogP contribution in [-0.4, -0.2) is 21.8 Å². The number of nitrogens with zero attached hydrogens (tertiary/aromatic N) is 1. The Morgan fingerprint density at radius 1 is 1.41 bits per heavy atom. The highest BCUT2D eigenvalue weighted by molar-refractivity contribution is 14.1. The highest BCUT2D eigenvalue weighted by Crippen LogP contribution is 2.15. The first-order chi connectivity index (χ1) is 8.15. The average Bonchev–Trinajstić information content (AvgIpc) is 2.78. The zero-order valence-electron chi connectivity index (χ0n) is 9.15. The number of alkyl halides is 1. The van der Waals surface area contributed by atoms with Crippen molar-refractivity contribution in [2.45, 2.75) is 19.3 Å². The van der Waals surface area contributed by atoms with Crippen LogP contribution in [0.2, 0.25) is 0 Å². The van der Waals surface area contributed by atoms with Crippen LogP contribution in [0.4, 0.5) is 5.88 Å². The summed E-state index contributed by atoms with van der Waals surface area (Å²) in [6, 6.07) is 2.48. The molecule has 0 atom stereocenters. The molecule has 1 N–H and O–H groups in total. The molecule has 0 aliphatic heterocycles. The quantitative estimate of drug-likeness (QED) is 0.269. The third kappa shape index (κ3) is 4.72. The van der Waals surface area contributed by atoms with E-state index in [1.807, 2.05) is 0 Å². The van der Waals surface area contributed by atoms with Crippen LogP contribution in [0, 0.1) is 10.1 Å². The van der Waals surface area contributed by atoms with E-state index in [4.69, 9.17) is 4.42 Å². The molecule has 0 saturated heterocycles. The number of hydrogen-bond acceptors (Lipinski definition) is 4. The lowest BCUT2D eigenvalue weighted by Gasteiger charge is -2.01. The molecule has 0 fully saturated rings. The van der Waals surface area contributed by atoms with Crippen molar-refractivity contribution in [3.05, 3.63) is 28.0 Å². The third-order valence-electron chi connectivity index (χ3n) is 2.09. The van der Waals surface area contributed by atoms with Crippen molar-refractivity contribution in [3.63, 3.8) is 0 Å². The number of halogens is 1. The Morgan fingerprint density at radius 2 is 2.18 bits per heavy atom. The summed E-state index contributed by atoms with van der Waals surface area (Å²) in [4.78, 5) is 21.2. The van der Waals surface area contributed by atoms with E-state index in [2.05, 4.69) is 27.9 Å². The second-order valence-electron chi connectivity index (χ2n) is 3.40. The minimum atomic E-state index is -0.669. The van der Waals surface area contributed by atoms with Gasteiger partial charge in [-0.2, -0.15) is 0 Å². The van der Waals surface area contributed by atoms with Crippen LogP contribution >= 0.6 is 22.6 Å². The summed E-state index contributed by atoms with van der Waals surface area (Å²) < 4.78 is 5.88. The Balaban J connectivity index is 2.34. The van der Waals surface area contributed by atoms with Crippen LogP contribution in [0.1, 0.15) is 29.8 Å². The Kier molecular flexibility index (Phi) is 5.95. The normalized spacial score (nSPS) is 10.2. The molecule has 1 aromatic heterocycles. The molecule has 6 nitrogen and oxygen atoms in total. The van der Waals surface area contributed by atoms with E-state index >= 15 is 0 Å². The van der Waals surface area contributed by atoms with Gasteiger partial charge < -0.3 is 9.73 Å². The average molecular weight is 352 g/mol. The van der Waals surface area contributed by atoms with Gasteiger partial charge in [0.05, 0.1) is 6.07 Å². The van der Waals surface area contributed by atoms with Gasteiger partial charge in [0.15, 0.2) is 5.76 Å². The van der Waals surface area contributed by atoms with E-state index in [0.29, 0.717) is 6.54 Å². The number of nitro groups is 1. The fourth-order valence-corrected chi connectivity index (χ4v) is 1.77. The summed E-state index contributed by atoms with van der Waals surface area (Å²) in [5.74, 6) is -0.849. The first-order valence-corrected chi connectivity index (χ1v) is 6.76. The summed E-state index contributed by atoms with van der Waals surface area (Å²) in [5, 5.41) is 13.0. The number of carbonyl (C=O) groups excluding carboxylic acids is 1. The first kappa shape index (κ1) is 13.9. The smallest absolute Gasteiger partial charge is 0.395 e. The molecule has 1 aromatic rings. The molecular weight excluding hydrogens is 339 g/mol. The summed E-state index contributed by atoms with van der Waals surface area (Å²) in [5.41, 5.74) is 0. The van der Waals surface area contributed by atoms with Crippen molar-refractivity contribution in [3.8, 4) is 0 Å². The van der Waals surface area contributed by atoms with Gasteiger partial charge in [0.2, 0.25) is 0 Å². The standard InChI is InChI=1S/C10H13IN2O4/c11-6-2-1-3-7-12-10(14)8-4-5-9(17-8)13(15)16/h4-5H,1-3,6-7H2,(H,12,14). The second-order valence-corrected chi connectivity index (χ2v) is 4.48. The molecular formula is C10H13IN2O4.